The molecule has 0 aromatic rings. The second-order valence-corrected chi connectivity index (χ2v) is 6.22. The Labute approximate surface area is 111 Å². The van der Waals surface area contributed by atoms with E-state index in [4.69, 9.17) is 15.3 Å². The molecule has 0 bridgehead atoms. The largest absolute Gasteiger partial charge is 0.416 e. The molecule has 5 nitrogen and oxygen atoms in total. The first-order chi connectivity index (χ1) is 8.62. The Balaban J connectivity index is 3.10. The minimum Gasteiger partial charge on any atom is -0.312 e. The van der Waals surface area contributed by atoms with Crippen LogP contribution < -0.4 is 11.0 Å². The molecule has 0 aliphatic carbocycles. The molecule has 1 atom stereocenters. The molecular formula is C12H29N2O3P. The van der Waals surface area contributed by atoms with E-state index in [0.29, 0.717) is 0 Å². The number of nitrogens with two attached hydrogens (primary N) is 1. The maximum atomic E-state index is 10.9. The van der Waals surface area contributed by atoms with E-state index in [1.165, 1.54) is 51.4 Å². The Bertz CT molecular complexity index is 227. The summed E-state index contributed by atoms with van der Waals surface area (Å²) in [6.45, 7) is 2.52. The van der Waals surface area contributed by atoms with Crippen molar-refractivity contribution in [1.29, 1.82) is 0 Å². The molecule has 0 aromatic carbocycles. The van der Waals surface area contributed by atoms with Crippen molar-refractivity contribution in [2.75, 3.05) is 6.61 Å². The molecule has 6 heteroatoms. The second-order valence-electron chi connectivity index (χ2n) is 4.66. The summed E-state index contributed by atoms with van der Waals surface area (Å²) < 4.78 is 15.7. The van der Waals surface area contributed by atoms with E-state index in [1.54, 1.807) is 5.20 Å². The highest BCUT2D eigenvalue weighted by Gasteiger charge is 2.15. The van der Waals surface area contributed by atoms with Crippen LogP contribution in [0.5, 0.6) is 0 Å². The minimum absolute atomic E-state index is 0.286. The van der Waals surface area contributed by atoms with Crippen molar-refractivity contribution in [2.24, 2.45) is 5.84 Å². The van der Waals surface area contributed by atoms with Gasteiger partial charge in [-0.05, 0) is 6.42 Å². The lowest BCUT2D eigenvalue weighted by Crippen LogP contribution is -2.19. The lowest BCUT2D eigenvalue weighted by atomic mass is 10.1. The summed E-state index contributed by atoms with van der Waals surface area (Å²) in [6.07, 6.45) is 12.3. The third-order valence-electron chi connectivity index (χ3n) is 2.93. The Hall–Kier alpha value is 0.0700. The Kier molecular flexibility index (Phi) is 12.2. The zero-order valence-electron chi connectivity index (χ0n) is 11.6. The van der Waals surface area contributed by atoms with Crippen LogP contribution in [-0.4, -0.2) is 11.5 Å². The summed E-state index contributed by atoms with van der Waals surface area (Å²) >= 11 is 0. The van der Waals surface area contributed by atoms with Gasteiger partial charge in [-0.25, -0.2) is 4.57 Å². The molecule has 0 fully saturated rings. The standard InChI is InChI=1S/C12H29N2O3P/c1-2-3-4-5-6-7-8-9-10-11-12-17-18(15,16)14-13/h2-13H2,1H3,(H2,14,15,16). The molecule has 110 valence electrons. The van der Waals surface area contributed by atoms with Crippen LogP contribution in [0.1, 0.15) is 71.1 Å². The quantitative estimate of drug-likeness (QED) is 0.208. The van der Waals surface area contributed by atoms with Gasteiger partial charge in [0.2, 0.25) is 0 Å². The second kappa shape index (κ2) is 12.1. The molecule has 0 aromatic heterocycles. The van der Waals surface area contributed by atoms with Gasteiger partial charge in [-0.3, -0.25) is 10.4 Å². The van der Waals surface area contributed by atoms with Crippen LogP contribution in [0.25, 0.3) is 0 Å². The van der Waals surface area contributed by atoms with Gasteiger partial charge in [0.1, 0.15) is 0 Å². The SMILES string of the molecule is CCCCCCCCCCCCOP(=O)(O)NN. The predicted molar refractivity (Wildman–Crippen MR) is 74.9 cm³/mol. The molecule has 18 heavy (non-hydrogen) atoms. The number of rotatable bonds is 13. The summed E-state index contributed by atoms with van der Waals surface area (Å²) in [7, 11) is -3.72. The van der Waals surface area contributed by atoms with E-state index in [9.17, 15) is 4.57 Å². The lowest BCUT2D eigenvalue weighted by Gasteiger charge is -2.09. The molecule has 0 aliphatic heterocycles. The first-order valence-corrected chi connectivity index (χ1v) is 8.65. The van der Waals surface area contributed by atoms with Crippen molar-refractivity contribution in [3.8, 4) is 0 Å². The summed E-state index contributed by atoms with van der Waals surface area (Å²) in [5.74, 6) is 4.85. The predicted octanol–water partition coefficient (Wildman–Crippen LogP) is 3.49. The maximum Gasteiger partial charge on any atom is 0.416 e. The van der Waals surface area contributed by atoms with Gasteiger partial charge in [-0.2, -0.15) is 5.20 Å². The summed E-state index contributed by atoms with van der Waals surface area (Å²) in [6, 6.07) is 0. The Morgan fingerprint density at radius 1 is 1.00 bits per heavy atom. The molecule has 1 unspecified atom stereocenters. The zero-order chi connectivity index (χ0) is 13.7. The summed E-state index contributed by atoms with van der Waals surface area (Å²) in [5.41, 5.74) is 0. The van der Waals surface area contributed by atoms with Crippen LogP contribution in [0.2, 0.25) is 0 Å². The highest BCUT2D eigenvalue weighted by atomic mass is 31.2. The van der Waals surface area contributed by atoms with Gasteiger partial charge < -0.3 is 4.89 Å². The number of nitrogens with one attached hydrogen (secondary N) is 1. The molecule has 0 rings (SSSR count). The van der Waals surface area contributed by atoms with Crippen LogP contribution in [0, 0.1) is 0 Å². The van der Waals surface area contributed by atoms with Crippen LogP contribution >= 0.6 is 7.75 Å². The van der Waals surface area contributed by atoms with Crippen molar-refractivity contribution < 1.29 is 14.0 Å². The van der Waals surface area contributed by atoms with Gasteiger partial charge in [0.05, 0.1) is 6.61 Å². The summed E-state index contributed by atoms with van der Waals surface area (Å²) in [5, 5.41) is 1.77. The summed E-state index contributed by atoms with van der Waals surface area (Å²) in [4.78, 5) is 8.96. The number of hydrogen-bond acceptors (Lipinski definition) is 3. The lowest BCUT2D eigenvalue weighted by molar-refractivity contribution is 0.244. The van der Waals surface area contributed by atoms with E-state index >= 15 is 0 Å². The molecule has 0 saturated heterocycles. The van der Waals surface area contributed by atoms with Gasteiger partial charge in [-0.15, -0.1) is 0 Å². The smallest absolute Gasteiger partial charge is 0.312 e. The van der Waals surface area contributed by atoms with E-state index in [1.807, 2.05) is 0 Å². The van der Waals surface area contributed by atoms with Gasteiger partial charge in [-0.1, -0.05) is 64.7 Å². The topological polar surface area (TPSA) is 84.6 Å². The van der Waals surface area contributed by atoms with Crippen LogP contribution in [0.4, 0.5) is 0 Å². The van der Waals surface area contributed by atoms with Crippen molar-refractivity contribution in [3.05, 3.63) is 0 Å². The van der Waals surface area contributed by atoms with E-state index in [0.717, 1.165) is 12.8 Å². The van der Waals surface area contributed by atoms with E-state index in [2.05, 4.69) is 6.92 Å². The average Bonchev–Trinajstić information content (AvgIpc) is 2.36. The highest BCUT2D eigenvalue weighted by Crippen LogP contribution is 2.34. The molecule has 0 amide bonds. The first-order valence-electron chi connectivity index (χ1n) is 7.07. The average molecular weight is 280 g/mol. The van der Waals surface area contributed by atoms with Crippen LogP contribution in [0.3, 0.4) is 0 Å². The monoisotopic (exact) mass is 280 g/mol. The fourth-order valence-electron chi connectivity index (χ4n) is 1.82. The van der Waals surface area contributed by atoms with Crippen molar-refractivity contribution in [2.45, 2.75) is 71.1 Å². The van der Waals surface area contributed by atoms with Gasteiger partial charge in [0, 0.05) is 0 Å². The van der Waals surface area contributed by atoms with E-state index in [-0.39, 0.29) is 6.61 Å². The third-order valence-corrected chi connectivity index (χ3v) is 3.79. The minimum atomic E-state index is -3.72. The number of hydrazine groups is 1. The van der Waals surface area contributed by atoms with Crippen molar-refractivity contribution in [1.82, 2.24) is 5.20 Å². The molecule has 4 N–H and O–H groups in total. The molecule has 0 radical (unpaired) electrons. The van der Waals surface area contributed by atoms with Gasteiger partial charge >= 0.3 is 7.75 Å². The highest BCUT2D eigenvalue weighted by molar-refractivity contribution is 7.50. The Morgan fingerprint density at radius 3 is 1.89 bits per heavy atom. The Morgan fingerprint density at radius 2 is 1.44 bits per heavy atom. The third kappa shape index (κ3) is 12.5. The first kappa shape index (κ1) is 18.1. The number of unbranched alkanes of at least 4 members (excludes halogenated alkanes) is 9. The zero-order valence-corrected chi connectivity index (χ0v) is 12.5. The fraction of sp³-hybridized carbons (Fsp3) is 1.00. The van der Waals surface area contributed by atoms with Crippen LogP contribution in [0.15, 0.2) is 0 Å². The molecule has 0 spiro atoms. The maximum absolute atomic E-state index is 10.9. The van der Waals surface area contributed by atoms with E-state index < -0.39 is 7.75 Å². The van der Waals surface area contributed by atoms with Crippen molar-refractivity contribution >= 4 is 7.75 Å². The van der Waals surface area contributed by atoms with Gasteiger partial charge in [0.25, 0.3) is 0 Å². The molecular weight excluding hydrogens is 251 g/mol. The van der Waals surface area contributed by atoms with Gasteiger partial charge in [0.15, 0.2) is 0 Å². The molecule has 0 aliphatic rings. The normalized spacial score (nSPS) is 14.6. The van der Waals surface area contributed by atoms with Crippen molar-refractivity contribution in [3.63, 3.8) is 0 Å². The fourth-order valence-corrected chi connectivity index (χ4v) is 2.27. The molecule has 0 heterocycles. The molecule has 0 saturated carbocycles. The number of hydrogen-bond donors (Lipinski definition) is 3. The van der Waals surface area contributed by atoms with Crippen LogP contribution in [-0.2, 0) is 9.09 Å².